The van der Waals surface area contributed by atoms with Gasteiger partial charge in [0, 0.05) is 13.1 Å². The Morgan fingerprint density at radius 2 is 2.06 bits per heavy atom. The van der Waals surface area contributed by atoms with Gasteiger partial charge in [-0.05, 0) is 19.8 Å². The van der Waals surface area contributed by atoms with Gasteiger partial charge in [-0.25, -0.2) is 9.97 Å². The van der Waals surface area contributed by atoms with Crippen molar-refractivity contribution in [3.05, 3.63) is 6.33 Å². The molecule has 0 aromatic carbocycles. The van der Waals surface area contributed by atoms with Crippen LogP contribution < -0.4 is 15.4 Å². The maximum atomic E-state index is 9.90. The molecule has 0 spiro atoms. The van der Waals surface area contributed by atoms with Gasteiger partial charge in [0.05, 0.1) is 12.7 Å². The molecule has 1 aromatic heterocycles. The van der Waals surface area contributed by atoms with Gasteiger partial charge in [0.25, 0.3) is 0 Å². The minimum atomic E-state index is -0.581. The summed E-state index contributed by atoms with van der Waals surface area (Å²) in [6, 6.07) is 0. The van der Waals surface area contributed by atoms with E-state index in [1.165, 1.54) is 6.33 Å². The number of hydrogen-bond acceptors (Lipinski definition) is 6. The number of nitrogens with zero attached hydrogens (tertiary/aromatic N) is 3. The van der Waals surface area contributed by atoms with Crippen molar-refractivity contribution in [3.8, 4) is 5.75 Å². The summed E-state index contributed by atoms with van der Waals surface area (Å²) in [6.07, 6.45) is 2.85. The van der Waals surface area contributed by atoms with E-state index >= 15 is 0 Å². The molecular formula is C11H18N4O2. The fraction of sp³-hybridized carbons (Fsp3) is 0.636. The van der Waals surface area contributed by atoms with Gasteiger partial charge in [0.1, 0.15) is 6.33 Å². The number of anilines is 2. The summed E-state index contributed by atoms with van der Waals surface area (Å²) in [5.74, 6) is 1.55. The normalized spacial score (nSPS) is 19.1. The van der Waals surface area contributed by atoms with Crippen LogP contribution in [0.5, 0.6) is 5.75 Å². The van der Waals surface area contributed by atoms with E-state index in [0.29, 0.717) is 30.2 Å². The Kier molecular flexibility index (Phi) is 3.06. The van der Waals surface area contributed by atoms with Crippen LogP contribution in [0.1, 0.15) is 19.8 Å². The Labute approximate surface area is 100 Å². The van der Waals surface area contributed by atoms with Crippen molar-refractivity contribution in [3.63, 3.8) is 0 Å². The number of ether oxygens (including phenoxy) is 1. The molecule has 1 aliphatic rings. The summed E-state index contributed by atoms with van der Waals surface area (Å²) in [5, 5.41) is 9.90. The maximum Gasteiger partial charge on any atom is 0.204 e. The van der Waals surface area contributed by atoms with Gasteiger partial charge >= 0.3 is 0 Å². The molecule has 6 heteroatoms. The lowest BCUT2D eigenvalue weighted by molar-refractivity contribution is 0.0349. The third kappa shape index (κ3) is 2.41. The Balaban J connectivity index is 2.21. The number of hydrogen-bond donors (Lipinski definition) is 2. The summed E-state index contributed by atoms with van der Waals surface area (Å²) in [7, 11) is 1.55. The van der Waals surface area contributed by atoms with E-state index in [0.717, 1.165) is 13.1 Å². The predicted octanol–water partition coefficient (Wildman–Crippen LogP) is 0.419. The second-order valence-corrected chi connectivity index (χ2v) is 4.60. The monoisotopic (exact) mass is 238 g/mol. The first kappa shape index (κ1) is 11.9. The molecule has 1 saturated heterocycles. The second-order valence-electron chi connectivity index (χ2n) is 4.60. The van der Waals surface area contributed by atoms with Crippen LogP contribution in [-0.2, 0) is 0 Å². The predicted molar refractivity (Wildman–Crippen MR) is 65.1 cm³/mol. The molecule has 0 amide bonds. The number of nitrogens with two attached hydrogens (primary N) is 1. The molecule has 1 fully saturated rings. The number of piperidine rings is 1. The van der Waals surface area contributed by atoms with E-state index in [-0.39, 0.29) is 0 Å². The zero-order valence-corrected chi connectivity index (χ0v) is 10.2. The number of methoxy groups -OCH3 is 1. The summed E-state index contributed by atoms with van der Waals surface area (Å²) < 4.78 is 5.23. The largest absolute Gasteiger partial charge is 0.490 e. The van der Waals surface area contributed by atoms with Crippen LogP contribution in [0.3, 0.4) is 0 Å². The number of aromatic nitrogens is 2. The van der Waals surface area contributed by atoms with Crippen LogP contribution in [0.4, 0.5) is 11.6 Å². The SMILES string of the molecule is COc1c(N)ncnc1N1CCC(C)(O)CC1. The van der Waals surface area contributed by atoms with Gasteiger partial charge < -0.3 is 20.5 Å². The van der Waals surface area contributed by atoms with Crippen molar-refractivity contribution in [2.24, 2.45) is 0 Å². The molecule has 1 aromatic rings. The molecule has 94 valence electrons. The first-order valence-corrected chi connectivity index (χ1v) is 5.65. The molecule has 6 nitrogen and oxygen atoms in total. The van der Waals surface area contributed by atoms with Gasteiger partial charge in [-0.1, -0.05) is 0 Å². The Bertz CT molecular complexity index is 398. The van der Waals surface area contributed by atoms with Crippen molar-refractivity contribution >= 4 is 11.6 Å². The zero-order valence-electron chi connectivity index (χ0n) is 10.2. The number of nitrogen functional groups attached to an aromatic ring is 1. The summed E-state index contributed by atoms with van der Waals surface area (Å²) >= 11 is 0. The molecule has 0 saturated carbocycles. The molecular weight excluding hydrogens is 220 g/mol. The van der Waals surface area contributed by atoms with Crippen molar-refractivity contribution < 1.29 is 9.84 Å². The van der Waals surface area contributed by atoms with Crippen LogP contribution in [-0.4, -0.2) is 40.9 Å². The minimum absolute atomic E-state index is 0.342. The topological polar surface area (TPSA) is 84.5 Å². The summed E-state index contributed by atoms with van der Waals surface area (Å²) in [6.45, 7) is 3.33. The summed E-state index contributed by atoms with van der Waals surface area (Å²) in [4.78, 5) is 10.2. The van der Waals surface area contributed by atoms with Crippen LogP contribution in [0.2, 0.25) is 0 Å². The van der Waals surface area contributed by atoms with Gasteiger partial charge in [-0.3, -0.25) is 0 Å². The van der Waals surface area contributed by atoms with Crippen molar-refractivity contribution in [1.29, 1.82) is 0 Å². The first-order valence-electron chi connectivity index (χ1n) is 5.65. The van der Waals surface area contributed by atoms with Crippen molar-refractivity contribution in [1.82, 2.24) is 9.97 Å². The van der Waals surface area contributed by atoms with E-state index in [1.54, 1.807) is 7.11 Å². The first-order chi connectivity index (χ1) is 8.03. The van der Waals surface area contributed by atoms with Crippen molar-refractivity contribution in [2.75, 3.05) is 30.8 Å². The lowest BCUT2D eigenvalue weighted by atomic mass is 9.94. The summed E-state index contributed by atoms with van der Waals surface area (Å²) in [5.41, 5.74) is 5.16. The molecule has 0 aliphatic carbocycles. The fourth-order valence-corrected chi connectivity index (χ4v) is 2.00. The van der Waals surface area contributed by atoms with Crippen LogP contribution in [0, 0.1) is 0 Å². The number of rotatable bonds is 2. The van der Waals surface area contributed by atoms with E-state index in [1.807, 2.05) is 6.92 Å². The van der Waals surface area contributed by atoms with Crippen LogP contribution in [0.15, 0.2) is 6.33 Å². The molecule has 0 atom stereocenters. The zero-order chi connectivity index (χ0) is 12.5. The minimum Gasteiger partial charge on any atom is -0.490 e. The average Bonchev–Trinajstić information content (AvgIpc) is 2.29. The van der Waals surface area contributed by atoms with Crippen LogP contribution >= 0.6 is 0 Å². The molecule has 17 heavy (non-hydrogen) atoms. The lowest BCUT2D eigenvalue weighted by Crippen LogP contribution is -2.43. The van der Waals surface area contributed by atoms with Crippen LogP contribution in [0.25, 0.3) is 0 Å². The van der Waals surface area contributed by atoms with Gasteiger partial charge in [0.15, 0.2) is 11.6 Å². The molecule has 0 bridgehead atoms. The molecule has 2 heterocycles. The third-order valence-electron chi connectivity index (χ3n) is 3.16. The Morgan fingerprint density at radius 1 is 1.41 bits per heavy atom. The van der Waals surface area contributed by atoms with E-state index < -0.39 is 5.60 Å². The standard InChI is InChI=1S/C11H18N4O2/c1-11(16)3-5-15(6-4-11)10-8(17-2)9(12)13-7-14-10/h7,16H,3-6H2,1-2H3,(H2,12,13,14). The number of aliphatic hydroxyl groups is 1. The fourth-order valence-electron chi connectivity index (χ4n) is 2.00. The second kappa shape index (κ2) is 4.37. The quantitative estimate of drug-likeness (QED) is 0.776. The Hall–Kier alpha value is -1.56. The molecule has 3 N–H and O–H groups in total. The highest BCUT2D eigenvalue weighted by Crippen LogP contribution is 2.33. The highest BCUT2D eigenvalue weighted by atomic mass is 16.5. The Morgan fingerprint density at radius 3 is 2.65 bits per heavy atom. The van der Waals surface area contributed by atoms with Gasteiger partial charge in [0.2, 0.25) is 5.75 Å². The van der Waals surface area contributed by atoms with E-state index in [2.05, 4.69) is 14.9 Å². The highest BCUT2D eigenvalue weighted by Gasteiger charge is 2.29. The van der Waals surface area contributed by atoms with Gasteiger partial charge in [-0.2, -0.15) is 0 Å². The van der Waals surface area contributed by atoms with E-state index in [9.17, 15) is 5.11 Å². The van der Waals surface area contributed by atoms with Gasteiger partial charge in [-0.15, -0.1) is 0 Å². The molecule has 1 aliphatic heterocycles. The maximum absolute atomic E-state index is 9.90. The molecule has 0 unspecified atom stereocenters. The van der Waals surface area contributed by atoms with Crippen molar-refractivity contribution in [2.45, 2.75) is 25.4 Å². The molecule has 0 radical (unpaired) electrons. The highest BCUT2D eigenvalue weighted by molar-refractivity contribution is 5.62. The average molecular weight is 238 g/mol. The lowest BCUT2D eigenvalue weighted by Gasteiger charge is -2.36. The molecule has 2 rings (SSSR count). The van der Waals surface area contributed by atoms with E-state index in [4.69, 9.17) is 10.5 Å². The smallest absolute Gasteiger partial charge is 0.204 e. The third-order valence-corrected chi connectivity index (χ3v) is 3.16.